The molecule has 57 nitrogen and oxygen atoms in total. The molecule has 0 bridgehead atoms. The minimum Gasteiger partial charge on any atom is -0.386 e. The van der Waals surface area contributed by atoms with Gasteiger partial charge >= 0.3 is 53.6 Å². The molecule has 2 unspecified atom stereocenters. The third-order valence-corrected chi connectivity index (χ3v) is 25.4. The zero-order valence-corrected chi connectivity index (χ0v) is 92.7. The number of aromatic amines is 1. The number of nitrogens with zero attached hydrogens (tertiary/aromatic N) is 19. The summed E-state index contributed by atoms with van der Waals surface area (Å²) in [6, 6.07) is 0.406. The molecule has 0 aliphatic heterocycles. The van der Waals surface area contributed by atoms with Crippen molar-refractivity contribution in [2.24, 2.45) is 0 Å². The second-order valence-electron chi connectivity index (χ2n) is 33.6. The van der Waals surface area contributed by atoms with Crippen molar-refractivity contribution in [2.45, 2.75) is 171 Å². The molecule has 0 amide bonds. The number of ether oxygens (including phenoxy) is 6. The molecule has 0 saturated heterocycles. The summed E-state index contributed by atoms with van der Waals surface area (Å²) in [6.45, 7) is 49.3. The average molecular weight is 2290 g/mol. The minimum atomic E-state index is -4.20. The van der Waals surface area contributed by atoms with Crippen LogP contribution in [0.25, 0.3) is 55.8 Å². The molecule has 23 N–H and O–H groups in total. The van der Waals surface area contributed by atoms with Gasteiger partial charge < -0.3 is 158 Å². The zero-order valence-electron chi connectivity index (χ0n) is 83.3. The Bertz CT molecular complexity index is 6350. The van der Waals surface area contributed by atoms with Gasteiger partial charge in [0.25, 0.3) is 5.56 Å². The van der Waals surface area contributed by atoms with Gasteiger partial charge in [-0.2, -0.15) is 44.9 Å². The van der Waals surface area contributed by atoms with E-state index >= 15 is 0 Å². The number of aromatic nitrogens is 20. The first kappa shape index (κ1) is 131. The number of imidazole rings is 5. The number of nitrogen functional groups attached to an aromatic ring is 6. The summed E-state index contributed by atoms with van der Waals surface area (Å²) in [5.74, 6) is 1.35. The van der Waals surface area contributed by atoms with E-state index in [0.29, 0.717) is 122 Å². The Balaban J connectivity index is 0.000000358. The normalized spacial score (nSPS) is 12.9. The van der Waals surface area contributed by atoms with Crippen molar-refractivity contribution in [3.8, 4) is 0 Å². The van der Waals surface area contributed by atoms with Crippen LogP contribution in [0.15, 0.2) is 109 Å². The molecule has 0 spiro atoms. The predicted molar refractivity (Wildman–Crippen MR) is 558 cm³/mol. The van der Waals surface area contributed by atoms with E-state index in [-0.39, 0.29) is 153 Å². The van der Waals surface area contributed by atoms with Crippen LogP contribution in [0.2, 0.25) is 10.3 Å². The summed E-state index contributed by atoms with van der Waals surface area (Å²) in [6.07, 6.45) is 5.71. The monoisotopic (exact) mass is 2290 g/mol. The Hall–Kier alpha value is -8.67. The summed E-state index contributed by atoms with van der Waals surface area (Å²) in [5, 5.41) is 12.1. The van der Waals surface area contributed by atoms with Crippen LogP contribution >= 0.6 is 95.8 Å². The number of fused-ring (bicyclic) bond motifs is 5. The van der Waals surface area contributed by atoms with E-state index < -0.39 is 91.9 Å². The lowest BCUT2D eigenvalue weighted by Gasteiger charge is -2.22. The molecule has 10 aromatic rings. The van der Waals surface area contributed by atoms with Gasteiger partial charge in [-0.1, -0.05) is 62.7 Å². The Morgan fingerprint density at radius 1 is 0.422 bits per heavy atom. The van der Waals surface area contributed by atoms with Gasteiger partial charge in [-0.15, -0.1) is 16.1 Å². The molecule has 0 aromatic carbocycles. The fraction of sp³-hybridized carbons (Fsp3) is 0.532. The third kappa shape index (κ3) is 52.3. The van der Waals surface area contributed by atoms with Gasteiger partial charge in [0.2, 0.25) is 37.1 Å². The first-order valence-electron chi connectivity index (χ1n) is 43.6. The van der Waals surface area contributed by atoms with Crippen LogP contribution in [0.4, 0.5) is 41.4 Å². The summed E-state index contributed by atoms with van der Waals surface area (Å²) in [4.78, 5) is 140. The molecule has 11 rings (SSSR count). The number of aliphatic hydroxyl groups is 1. The number of hydrogen-bond donors (Lipinski definition) is 17. The summed E-state index contributed by atoms with van der Waals surface area (Å²) in [5.41, 5.74) is 41.3. The highest BCUT2D eigenvalue weighted by Gasteiger charge is 2.32. The van der Waals surface area contributed by atoms with Crippen molar-refractivity contribution < 1.29 is 136 Å². The number of nitrogens with two attached hydrogens (primary N) is 6. The highest BCUT2D eigenvalue weighted by Crippen LogP contribution is 2.52. The van der Waals surface area contributed by atoms with E-state index in [0.717, 1.165) is 18.4 Å². The van der Waals surface area contributed by atoms with Crippen LogP contribution in [0.3, 0.4) is 0 Å². The first-order chi connectivity index (χ1) is 68.1. The third-order valence-electron chi connectivity index (χ3n) is 16.3. The van der Waals surface area contributed by atoms with Gasteiger partial charge in [-0.25, -0.2) is 24.9 Å². The smallest absolute Gasteiger partial charge is 0.386 e. The van der Waals surface area contributed by atoms with Crippen LogP contribution < -0.4 is 45.3 Å². The Kier molecular flexibility index (Phi) is 54.3. The number of H-pyrrole nitrogens is 1. The van der Waals surface area contributed by atoms with E-state index in [2.05, 4.69) is 120 Å². The minimum absolute atomic E-state index is 0.000825. The molecule has 2 atom stereocenters. The Morgan fingerprint density at radius 2 is 0.701 bits per heavy atom. The molecular weight excluding hydrogens is 2160 g/mol. The molecule has 68 heteroatoms. The van der Waals surface area contributed by atoms with E-state index in [4.69, 9.17) is 169 Å². The van der Waals surface area contributed by atoms with Crippen molar-refractivity contribution >= 4 is 193 Å². The van der Waals surface area contributed by atoms with Crippen LogP contribution in [-0.2, 0) is 125 Å². The number of nitrogens with one attached hydrogen (secondary N) is 2. The van der Waals surface area contributed by atoms with Crippen molar-refractivity contribution in [2.75, 3.05) is 143 Å². The van der Waals surface area contributed by atoms with Crippen molar-refractivity contribution in [3.05, 3.63) is 125 Å². The number of alkyl halides is 1. The summed E-state index contributed by atoms with van der Waals surface area (Å²) in [7, 11) is -27.4. The number of hydrogen-bond acceptors (Lipinski definition) is 43. The molecule has 147 heavy (non-hydrogen) atoms. The molecule has 1 fully saturated rings. The van der Waals surface area contributed by atoms with Crippen LogP contribution in [0.1, 0.15) is 95.9 Å². The highest BCUT2D eigenvalue weighted by molar-refractivity contribution is 7.58. The topological polar surface area (TPSA) is 836 Å². The molecule has 10 aromatic heterocycles. The molecule has 822 valence electrons. The van der Waals surface area contributed by atoms with Crippen molar-refractivity contribution in [3.63, 3.8) is 0 Å². The van der Waals surface area contributed by atoms with E-state index in [1.165, 1.54) is 25.6 Å². The van der Waals surface area contributed by atoms with Gasteiger partial charge in [0, 0.05) is 51.3 Å². The molecule has 1 saturated carbocycles. The fourth-order valence-electron chi connectivity index (χ4n) is 11.4. The summed E-state index contributed by atoms with van der Waals surface area (Å²) >= 11 is 17.5. The molecular formula is C79H131Cl3N27O30P8+. The lowest BCUT2D eigenvalue weighted by Crippen LogP contribution is -2.13. The fourth-order valence-corrected chi connectivity index (χ4v) is 18.3. The Morgan fingerprint density at radius 3 is 0.986 bits per heavy atom. The maximum absolute atomic E-state index is 12.7. The number of aliphatic hydroxyl groups excluding tert-OH is 1. The zero-order chi connectivity index (χ0) is 111. The van der Waals surface area contributed by atoms with Gasteiger partial charge in [0.1, 0.15) is 67.1 Å². The van der Waals surface area contributed by atoms with Gasteiger partial charge in [-0.3, -0.25) is 41.7 Å². The van der Waals surface area contributed by atoms with Gasteiger partial charge in [0.05, 0.1) is 102 Å². The largest absolute Gasteiger partial charge is 0.505 e. The standard InChI is InChI=1S/C16H25ClN5O4P.C13H19N6O4P.C11H22ClO4P.C10H13ClN5O4P.C10H15N6O4P.C10H14N5O5P.C5H13O3P.C4H10O2P/c1-10(2)25-27(23,26-11(3)4)9-24-7-12(5)6-22-8-19-13-14(17)20-16(18)21-15(13)22;1-8(5-23-7-24(20,21)22)4-19-6-15-10-11(16-9-2-3-9)17-13(14)18-12(10)19;1-9(2)15-17(13,16-10(3)4)8-14-7-11(5)6-12;2*1-6(3-20-5-21(17,18)19)2-16-4-13-7-8(11)14-10(12)15-9(7)16;1-6(3-20-5-21(17,18)19)2-15-4-12-7-8(15)13-10(11)14-9(7)16;1-5(2)8-9(3,7)4-6;1-4(2)6-7(3)5/h8,10-11H,5-7,9H2,1-4H3,(H2,18,20,21);6,9H,1-5,7H2,(H2,20,21,22)(H3,14,16,17,18);9-10H,5-8H2,1-4H3;4H,1-3,5H2,(H2,12,14,15)(H2,17,18,19);4H,1-3,5H2,(H2,17,18,19)(H4,11,12,14,15);4H,1-3,5H2,(H2,17,18,19)(H3,11,13,14,16);5-6H,4H2,1-3H3;4H,1-3H3/q;;;;;;;+1. The van der Waals surface area contributed by atoms with Gasteiger partial charge in [0.15, 0.2) is 67.9 Å². The van der Waals surface area contributed by atoms with Crippen LogP contribution in [0, 0.1) is 0 Å². The SMILES string of the molecule is C=C(CCl)COCP(=O)(OC(C)C)OC(C)C.C=C(COCP(=O)(O)O)Cn1cnc2c(=O)[nH]c(N)nc21.C=C(COCP(=O)(O)O)Cn1cnc2c(Cl)nc(N)nc21.C=C(COCP(=O)(O)O)Cn1cnc2c(N)nc(N)nc21.C=C(COCP(=O)(O)O)Cn1cnc2c(NC3CC3)nc(N)nc21.C=C(COCP(=O)(OC(C)C)OC(C)C)Cn1cnc2c(Cl)nc(N)nc21.CC(C)OP(C)(=O)CO.CC(C)O[P+](C)=O. The van der Waals surface area contributed by atoms with E-state index in [1.54, 1.807) is 111 Å². The van der Waals surface area contributed by atoms with Crippen molar-refractivity contribution in [1.82, 2.24) is 97.6 Å². The molecule has 1 aliphatic carbocycles. The second kappa shape index (κ2) is 61.1. The van der Waals surface area contributed by atoms with Crippen LogP contribution in [-0.4, -0.2) is 288 Å². The van der Waals surface area contributed by atoms with Crippen LogP contribution in [0.5, 0.6) is 0 Å². The molecule has 10 heterocycles. The number of anilines is 7. The van der Waals surface area contributed by atoms with E-state index in [9.17, 15) is 41.3 Å². The average Bonchev–Trinajstić information content (AvgIpc) is 1.69. The quantitative estimate of drug-likeness (QED) is 0.00729. The maximum Gasteiger partial charge on any atom is 0.505 e. The highest BCUT2D eigenvalue weighted by atomic mass is 35.5. The summed E-state index contributed by atoms with van der Waals surface area (Å²) < 4.78 is 159. The predicted octanol–water partition coefficient (Wildman–Crippen LogP) is 11.1. The lowest BCUT2D eigenvalue weighted by molar-refractivity contribution is 0.105. The first-order valence-corrected chi connectivity index (χ1v) is 59.4. The maximum atomic E-state index is 12.7. The van der Waals surface area contributed by atoms with Gasteiger partial charge in [-0.05, 0) is 134 Å². The second-order valence-corrected chi connectivity index (χ2v) is 48.4. The Labute approximate surface area is 861 Å². The van der Waals surface area contributed by atoms with Crippen molar-refractivity contribution in [1.29, 1.82) is 0 Å². The lowest BCUT2D eigenvalue weighted by atomic mass is 10.3. The molecule has 1 aliphatic rings. The number of rotatable bonds is 50. The number of halogens is 3. The van der Waals surface area contributed by atoms with E-state index in [1.807, 2.05) is 13.8 Å². The molecule has 0 radical (unpaired) electrons.